The standard InChI is InChI=1S/C16H19ClN2O/c1-10-8-15(20-3)11(2)7-14(10)16(19-18)12-5-4-6-13(17)9-12/h4-9,16,19H,18H2,1-3H3. The molecule has 106 valence electrons. The second-order valence-corrected chi connectivity index (χ2v) is 5.27. The minimum absolute atomic E-state index is 0.0988. The maximum Gasteiger partial charge on any atom is 0.122 e. The number of hydrazine groups is 1. The second-order valence-electron chi connectivity index (χ2n) is 4.83. The van der Waals surface area contributed by atoms with Crippen LogP contribution in [0.5, 0.6) is 5.75 Å². The molecule has 0 radical (unpaired) electrons. The van der Waals surface area contributed by atoms with Crippen molar-refractivity contribution in [3.05, 3.63) is 63.7 Å². The van der Waals surface area contributed by atoms with Crippen LogP contribution in [0.3, 0.4) is 0 Å². The first-order valence-corrected chi connectivity index (χ1v) is 6.81. The third-order valence-corrected chi connectivity index (χ3v) is 3.68. The van der Waals surface area contributed by atoms with Gasteiger partial charge in [0.05, 0.1) is 13.2 Å². The molecule has 0 aliphatic heterocycles. The van der Waals surface area contributed by atoms with Crippen molar-refractivity contribution in [3.63, 3.8) is 0 Å². The van der Waals surface area contributed by atoms with Gasteiger partial charge in [0.25, 0.3) is 0 Å². The summed E-state index contributed by atoms with van der Waals surface area (Å²) in [5.74, 6) is 6.63. The van der Waals surface area contributed by atoms with Crippen molar-refractivity contribution in [2.45, 2.75) is 19.9 Å². The van der Waals surface area contributed by atoms with E-state index in [4.69, 9.17) is 22.2 Å². The highest BCUT2D eigenvalue weighted by molar-refractivity contribution is 6.30. The van der Waals surface area contributed by atoms with Crippen molar-refractivity contribution in [2.24, 2.45) is 5.84 Å². The van der Waals surface area contributed by atoms with Gasteiger partial charge < -0.3 is 4.74 Å². The van der Waals surface area contributed by atoms with Gasteiger partial charge in [-0.05, 0) is 54.3 Å². The summed E-state index contributed by atoms with van der Waals surface area (Å²) < 4.78 is 5.35. The fourth-order valence-corrected chi connectivity index (χ4v) is 2.59. The Morgan fingerprint density at radius 2 is 1.90 bits per heavy atom. The zero-order chi connectivity index (χ0) is 14.7. The van der Waals surface area contributed by atoms with Gasteiger partial charge in [-0.25, -0.2) is 5.43 Å². The van der Waals surface area contributed by atoms with Gasteiger partial charge in [-0.1, -0.05) is 29.8 Å². The van der Waals surface area contributed by atoms with Crippen LogP contribution in [0.4, 0.5) is 0 Å². The molecule has 0 spiro atoms. The Bertz CT molecular complexity index is 613. The van der Waals surface area contributed by atoms with Gasteiger partial charge in [0.2, 0.25) is 0 Å². The first kappa shape index (κ1) is 14.9. The number of rotatable bonds is 4. The number of hydrogen-bond acceptors (Lipinski definition) is 3. The van der Waals surface area contributed by atoms with Gasteiger partial charge in [-0.3, -0.25) is 5.84 Å². The van der Waals surface area contributed by atoms with Crippen molar-refractivity contribution in [2.75, 3.05) is 7.11 Å². The number of nitrogens with one attached hydrogen (secondary N) is 1. The zero-order valence-electron chi connectivity index (χ0n) is 11.9. The molecule has 4 heteroatoms. The maximum atomic E-state index is 6.06. The lowest BCUT2D eigenvalue weighted by atomic mass is 9.93. The van der Waals surface area contributed by atoms with Gasteiger partial charge in [-0.15, -0.1) is 0 Å². The van der Waals surface area contributed by atoms with Gasteiger partial charge in [-0.2, -0.15) is 0 Å². The van der Waals surface area contributed by atoms with Crippen LogP contribution >= 0.6 is 11.6 Å². The summed E-state index contributed by atoms with van der Waals surface area (Å²) in [6.07, 6.45) is 0. The average Bonchev–Trinajstić information content (AvgIpc) is 2.43. The molecule has 2 aromatic carbocycles. The minimum atomic E-state index is -0.0988. The zero-order valence-corrected chi connectivity index (χ0v) is 12.7. The number of benzene rings is 2. The second kappa shape index (κ2) is 6.27. The Morgan fingerprint density at radius 3 is 2.50 bits per heavy atom. The maximum absolute atomic E-state index is 6.06. The molecule has 0 bridgehead atoms. The number of hydrogen-bond donors (Lipinski definition) is 2. The van der Waals surface area contributed by atoms with E-state index >= 15 is 0 Å². The lowest BCUT2D eigenvalue weighted by molar-refractivity contribution is 0.411. The quantitative estimate of drug-likeness (QED) is 0.669. The normalized spacial score (nSPS) is 12.2. The monoisotopic (exact) mass is 290 g/mol. The van der Waals surface area contributed by atoms with Crippen LogP contribution < -0.4 is 16.0 Å². The third-order valence-electron chi connectivity index (χ3n) is 3.44. The molecule has 1 atom stereocenters. The lowest BCUT2D eigenvalue weighted by Crippen LogP contribution is -2.29. The van der Waals surface area contributed by atoms with E-state index in [0.29, 0.717) is 5.02 Å². The third kappa shape index (κ3) is 2.96. The molecule has 1 unspecified atom stereocenters. The largest absolute Gasteiger partial charge is 0.496 e. The van der Waals surface area contributed by atoms with Crippen molar-refractivity contribution < 1.29 is 4.74 Å². The Morgan fingerprint density at radius 1 is 1.15 bits per heavy atom. The van der Waals surface area contributed by atoms with Crippen LogP contribution in [0.15, 0.2) is 36.4 Å². The first-order valence-electron chi connectivity index (χ1n) is 6.43. The molecule has 3 nitrogen and oxygen atoms in total. The molecular weight excluding hydrogens is 272 g/mol. The van der Waals surface area contributed by atoms with Crippen LogP contribution in [0, 0.1) is 13.8 Å². The van der Waals surface area contributed by atoms with E-state index in [1.165, 1.54) is 0 Å². The highest BCUT2D eigenvalue weighted by Crippen LogP contribution is 2.30. The molecule has 0 heterocycles. The van der Waals surface area contributed by atoms with Crippen LogP contribution in [0.2, 0.25) is 5.02 Å². The fraction of sp³-hybridized carbons (Fsp3) is 0.250. The molecule has 2 aromatic rings. The van der Waals surface area contributed by atoms with Crippen molar-refractivity contribution in [3.8, 4) is 5.75 Å². The van der Waals surface area contributed by atoms with Crippen molar-refractivity contribution >= 4 is 11.6 Å². The van der Waals surface area contributed by atoms with Gasteiger partial charge >= 0.3 is 0 Å². The first-order chi connectivity index (χ1) is 9.56. The Hall–Kier alpha value is -1.55. The van der Waals surface area contributed by atoms with Crippen molar-refractivity contribution in [1.82, 2.24) is 5.43 Å². The Labute approximate surface area is 124 Å². The summed E-state index contributed by atoms with van der Waals surface area (Å²) in [5, 5.41) is 0.700. The minimum Gasteiger partial charge on any atom is -0.496 e. The van der Waals surface area contributed by atoms with Crippen LogP contribution in [0.1, 0.15) is 28.3 Å². The van der Waals surface area contributed by atoms with Gasteiger partial charge in [0, 0.05) is 5.02 Å². The van der Waals surface area contributed by atoms with Crippen LogP contribution in [-0.4, -0.2) is 7.11 Å². The van der Waals surface area contributed by atoms with E-state index < -0.39 is 0 Å². The molecule has 0 saturated heterocycles. The Kier molecular flexibility index (Phi) is 4.65. The van der Waals surface area contributed by atoms with Crippen molar-refractivity contribution in [1.29, 1.82) is 0 Å². The summed E-state index contributed by atoms with van der Waals surface area (Å²) in [5.41, 5.74) is 7.22. The molecule has 20 heavy (non-hydrogen) atoms. The van der Waals surface area contributed by atoms with Crippen LogP contribution in [0.25, 0.3) is 0 Å². The summed E-state index contributed by atoms with van der Waals surface area (Å²) in [6, 6.07) is 11.7. The van der Waals surface area contributed by atoms with E-state index in [1.807, 2.05) is 44.2 Å². The Balaban J connectivity index is 2.49. The van der Waals surface area contributed by atoms with E-state index in [9.17, 15) is 0 Å². The molecule has 0 saturated carbocycles. The molecule has 2 rings (SSSR count). The fourth-order valence-electron chi connectivity index (χ4n) is 2.39. The number of nitrogens with two attached hydrogens (primary N) is 1. The molecule has 0 aliphatic carbocycles. The van der Waals surface area contributed by atoms with E-state index in [1.54, 1.807) is 7.11 Å². The molecule has 0 aromatic heterocycles. The summed E-state index contributed by atoms with van der Waals surface area (Å²) >= 11 is 6.06. The average molecular weight is 291 g/mol. The number of ether oxygens (including phenoxy) is 1. The highest BCUT2D eigenvalue weighted by atomic mass is 35.5. The van der Waals surface area contributed by atoms with Crippen LogP contribution in [-0.2, 0) is 0 Å². The smallest absolute Gasteiger partial charge is 0.122 e. The number of aryl methyl sites for hydroxylation is 2. The topological polar surface area (TPSA) is 47.3 Å². The van der Waals surface area contributed by atoms with E-state index in [2.05, 4.69) is 11.5 Å². The molecular formula is C16H19ClN2O. The van der Waals surface area contributed by atoms with Gasteiger partial charge in [0.15, 0.2) is 0 Å². The summed E-state index contributed by atoms with van der Waals surface area (Å²) in [6.45, 7) is 4.07. The molecule has 0 amide bonds. The lowest BCUT2D eigenvalue weighted by Gasteiger charge is -2.21. The highest BCUT2D eigenvalue weighted by Gasteiger charge is 2.16. The number of methoxy groups -OCH3 is 1. The molecule has 0 aliphatic rings. The molecule has 3 N–H and O–H groups in total. The summed E-state index contributed by atoms with van der Waals surface area (Å²) in [7, 11) is 1.68. The molecule has 0 fully saturated rings. The number of halogens is 1. The SMILES string of the molecule is COc1cc(C)c(C(NN)c2cccc(Cl)c2)cc1C. The summed E-state index contributed by atoms with van der Waals surface area (Å²) in [4.78, 5) is 0. The predicted octanol–water partition coefficient (Wildman–Crippen LogP) is 3.52. The van der Waals surface area contributed by atoms with E-state index in [-0.39, 0.29) is 6.04 Å². The van der Waals surface area contributed by atoms with E-state index in [0.717, 1.165) is 28.0 Å². The van der Waals surface area contributed by atoms with Gasteiger partial charge in [0.1, 0.15) is 5.75 Å². The predicted molar refractivity (Wildman–Crippen MR) is 83.1 cm³/mol.